The van der Waals surface area contributed by atoms with Gasteiger partial charge in [0, 0.05) is 11.1 Å². The summed E-state index contributed by atoms with van der Waals surface area (Å²) in [5, 5.41) is 0. The van der Waals surface area contributed by atoms with E-state index in [1.54, 1.807) is 36.4 Å². The molecule has 0 spiro atoms. The Balaban J connectivity index is 1.58. The second kappa shape index (κ2) is 14.9. The summed E-state index contributed by atoms with van der Waals surface area (Å²) in [6, 6.07) is 10.5. The third kappa shape index (κ3) is 8.61. The molecule has 174 valence electrons. The van der Waals surface area contributed by atoms with E-state index in [0.717, 1.165) is 51.1 Å². The zero-order chi connectivity index (χ0) is 23.0. The lowest BCUT2D eigenvalue weighted by molar-refractivity contribution is 0.111. The fraction of sp³-hybridized carbons (Fsp3) is 0.462. The number of hydrogen-bond donors (Lipinski definition) is 0. The highest BCUT2D eigenvalue weighted by atomic mass is 16.5. The molecule has 2 rings (SSSR count). The lowest BCUT2D eigenvalue weighted by Gasteiger charge is -2.12. The van der Waals surface area contributed by atoms with Crippen LogP contribution in [0.5, 0.6) is 23.0 Å². The van der Waals surface area contributed by atoms with Gasteiger partial charge in [-0.1, -0.05) is 25.7 Å². The first-order chi connectivity index (χ1) is 15.7. The molecular formula is C26H34O6. The van der Waals surface area contributed by atoms with Crippen LogP contribution in [0.15, 0.2) is 36.4 Å². The zero-order valence-corrected chi connectivity index (χ0v) is 19.1. The minimum atomic E-state index is 0.527. The lowest BCUT2D eigenvalue weighted by atomic mass is 10.1. The molecular weight excluding hydrogens is 408 g/mol. The second-order valence-corrected chi connectivity index (χ2v) is 7.33. The van der Waals surface area contributed by atoms with Crippen molar-refractivity contribution in [2.75, 3.05) is 26.4 Å². The van der Waals surface area contributed by atoms with E-state index < -0.39 is 0 Å². The van der Waals surface area contributed by atoms with E-state index >= 15 is 0 Å². The van der Waals surface area contributed by atoms with Crippen LogP contribution < -0.4 is 18.9 Å². The van der Waals surface area contributed by atoms with Crippen molar-refractivity contribution >= 4 is 12.6 Å². The number of unbranched alkanes of at least 4 members (excludes halogenated alkanes) is 5. The number of rotatable bonds is 17. The molecule has 2 aromatic rings. The van der Waals surface area contributed by atoms with Gasteiger partial charge in [-0.3, -0.25) is 9.59 Å². The van der Waals surface area contributed by atoms with E-state index in [2.05, 4.69) is 0 Å². The minimum absolute atomic E-state index is 0.527. The van der Waals surface area contributed by atoms with Crippen molar-refractivity contribution in [3.8, 4) is 23.0 Å². The predicted octanol–water partition coefficient (Wildman–Crippen LogP) is 5.91. The molecule has 0 N–H and O–H groups in total. The van der Waals surface area contributed by atoms with E-state index in [4.69, 9.17) is 18.9 Å². The molecule has 0 amide bonds. The Hall–Kier alpha value is -3.02. The van der Waals surface area contributed by atoms with Gasteiger partial charge in [0.25, 0.3) is 0 Å². The van der Waals surface area contributed by atoms with Gasteiger partial charge in [-0.05, 0) is 63.1 Å². The second-order valence-electron chi connectivity index (χ2n) is 7.33. The monoisotopic (exact) mass is 442 g/mol. The molecule has 0 bridgehead atoms. The molecule has 0 fully saturated rings. The number of benzene rings is 2. The largest absolute Gasteiger partial charge is 0.490 e. The van der Waals surface area contributed by atoms with Gasteiger partial charge in [0.05, 0.1) is 26.4 Å². The summed E-state index contributed by atoms with van der Waals surface area (Å²) >= 11 is 0. The van der Waals surface area contributed by atoms with Crippen molar-refractivity contribution in [1.82, 2.24) is 0 Å². The van der Waals surface area contributed by atoms with Gasteiger partial charge in [-0.25, -0.2) is 0 Å². The summed E-state index contributed by atoms with van der Waals surface area (Å²) in [5.41, 5.74) is 1.16. The van der Waals surface area contributed by atoms with Crippen LogP contribution in [0.25, 0.3) is 0 Å². The average Bonchev–Trinajstić information content (AvgIpc) is 2.82. The fourth-order valence-electron chi connectivity index (χ4n) is 3.25. The van der Waals surface area contributed by atoms with Gasteiger partial charge in [-0.2, -0.15) is 0 Å². The lowest BCUT2D eigenvalue weighted by Crippen LogP contribution is -2.02. The maximum Gasteiger partial charge on any atom is 0.161 e. The predicted molar refractivity (Wildman–Crippen MR) is 125 cm³/mol. The van der Waals surface area contributed by atoms with Crippen molar-refractivity contribution < 1.29 is 28.5 Å². The van der Waals surface area contributed by atoms with E-state index in [1.807, 2.05) is 13.8 Å². The Morgan fingerprint density at radius 2 is 0.969 bits per heavy atom. The van der Waals surface area contributed by atoms with Gasteiger partial charge >= 0.3 is 0 Å². The number of aldehydes is 2. The van der Waals surface area contributed by atoms with Gasteiger partial charge in [0.2, 0.25) is 0 Å². The van der Waals surface area contributed by atoms with Crippen molar-refractivity contribution in [1.29, 1.82) is 0 Å². The molecule has 2 aromatic carbocycles. The molecule has 0 saturated carbocycles. The van der Waals surface area contributed by atoms with Crippen LogP contribution in [-0.4, -0.2) is 39.0 Å². The standard InChI is InChI=1S/C26H34O6/c1-3-29-25-17-21(19-27)11-13-23(25)31-15-9-7-5-6-8-10-16-32-24-14-12-22(20-28)18-26(24)30-4-2/h11-14,17-20H,3-10,15-16H2,1-2H3. The Morgan fingerprint density at radius 3 is 1.34 bits per heavy atom. The summed E-state index contributed by atoms with van der Waals surface area (Å²) in [6.45, 7) is 6.12. The molecule has 0 radical (unpaired) electrons. The van der Waals surface area contributed by atoms with Crippen LogP contribution in [0, 0.1) is 0 Å². The molecule has 0 aliphatic heterocycles. The first-order valence-electron chi connectivity index (χ1n) is 11.4. The van der Waals surface area contributed by atoms with E-state index in [0.29, 0.717) is 60.6 Å². The zero-order valence-electron chi connectivity index (χ0n) is 19.1. The summed E-state index contributed by atoms with van der Waals surface area (Å²) < 4.78 is 22.8. The summed E-state index contributed by atoms with van der Waals surface area (Å²) in [5.74, 6) is 2.60. The van der Waals surface area contributed by atoms with Gasteiger partial charge in [-0.15, -0.1) is 0 Å². The van der Waals surface area contributed by atoms with Crippen molar-refractivity contribution in [2.45, 2.75) is 52.4 Å². The van der Waals surface area contributed by atoms with Crippen LogP contribution >= 0.6 is 0 Å². The molecule has 6 nitrogen and oxygen atoms in total. The van der Waals surface area contributed by atoms with Crippen molar-refractivity contribution in [3.05, 3.63) is 47.5 Å². The Bertz CT molecular complexity index is 764. The highest BCUT2D eigenvalue weighted by Crippen LogP contribution is 2.29. The molecule has 0 aromatic heterocycles. The van der Waals surface area contributed by atoms with Gasteiger partial charge in [0.15, 0.2) is 23.0 Å². The molecule has 0 aliphatic rings. The van der Waals surface area contributed by atoms with Crippen molar-refractivity contribution in [3.63, 3.8) is 0 Å². The first-order valence-corrected chi connectivity index (χ1v) is 11.4. The van der Waals surface area contributed by atoms with Gasteiger partial charge < -0.3 is 18.9 Å². The van der Waals surface area contributed by atoms with Gasteiger partial charge in [0.1, 0.15) is 12.6 Å². The van der Waals surface area contributed by atoms with E-state index in [-0.39, 0.29) is 0 Å². The van der Waals surface area contributed by atoms with E-state index in [9.17, 15) is 9.59 Å². The maximum absolute atomic E-state index is 10.9. The van der Waals surface area contributed by atoms with Crippen LogP contribution in [0.4, 0.5) is 0 Å². The summed E-state index contributed by atoms with van der Waals surface area (Å²) in [6.07, 6.45) is 8.03. The topological polar surface area (TPSA) is 71.1 Å². The molecule has 6 heteroatoms. The molecule has 32 heavy (non-hydrogen) atoms. The molecule has 0 atom stereocenters. The third-order valence-corrected chi connectivity index (χ3v) is 4.86. The third-order valence-electron chi connectivity index (χ3n) is 4.86. The highest BCUT2D eigenvalue weighted by Gasteiger charge is 2.07. The van der Waals surface area contributed by atoms with Crippen LogP contribution in [0.1, 0.15) is 73.1 Å². The fourth-order valence-corrected chi connectivity index (χ4v) is 3.25. The number of hydrogen-bond acceptors (Lipinski definition) is 6. The molecule has 0 saturated heterocycles. The molecule has 0 heterocycles. The summed E-state index contributed by atoms with van der Waals surface area (Å²) in [4.78, 5) is 21.8. The van der Waals surface area contributed by atoms with Crippen LogP contribution in [0.2, 0.25) is 0 Å². The minimum Gasteiger partial charge on any atom is -0.490 e. The number of ether oxygens (including phenoxy) is 4. The maximum atomic E-state index is 10.9. The summed E-state index contributed by atoms with van der Waals surface area (Å²) in [7, 11) is 0. The SMILES string of the molecule is CCOc1cc(C=O)ccc1OCCCCCCCCOc1ccc(C=O)cc1OCC. The number of carbonyl (C=O) groups is 2. The molecule has 0 unspecified atom stereocenters. The van der Waals surface area contributed by atoms with E-state index in [1.165, 1.54) is 0 Å². The Labute approximate surface area is 190 Å². The number of carbonyl (C=O) groups excluding carboxylic acids is 2. The quantitative estimate of drug-likeness (QED) is 0.224. The van der Waals surface area contributed by atoms with Crippen LogP contribution in [-0.2, 0) is 0 Å². The first kappa shape index (κ1) is 25.2. The normalized spacial score (nSPS) is 10.4. The Morgan fingerprint density at radius 1 is 0.562 bits per heavy atom. The van der Waals surface area contributed by atoms with Crippen molar-refractivity contribution in [2.24, 2.45) is 0 Å². The molecule has 0 aliphatic carbocycles. The smallest absolute Gasteiger partial charge is 0.161 e. The average molecular weight is 443 g/mol. The highest BCUT2D eigenvalue weighted by molar-refractivity contribution is 5.76. The Kier molecular flexibility index (Phi) is 11.7. The van der Waals surface area contributed by atoms with Crippen LogP contribution in [0.3, 0.4) is 0 Å².